The summed E-state index contributed by atoms with van der Waals surface area (Å²) >= 11 is 0. The Morgan fingerprint density at radius 2 is 1.88 bits per heavy atom. The van der Waals surface area contributed by atoms with Gasteiger partial charge in [0.25, 0.3) is 5.91 Å². The molecular formula is C13H15N3O. The number of benzene rings is 1. The standard InChI is InChI=1S/C13H15N3O/c1-9-4-3-5-10(2)12(9)16-7-6-11(8-16)13(17)15-14/h3-8H,14H2,1-2H3,(H,15,17). The van der Waals surface area contributed by atoms with Crippen molar-refractivity contribution in [3.8, 4) is 5.69 Å². The van der Waals surface area contributed by atoms with Gasteiger partial charge in [0, 0.05) is 12.4 Å². The SMILES string of the molecule is Cc1cccc(C)c1-n1ccc(C(=O)NN)c1. The molecule has 17 heavy (non-hydrogen) atoms. The molecular weight excluding hydrogens is 214 g/mol. The minimum absolute atomic E-state index is 0.282. The van der Waals surface area contributed by atoms with Crippen molar-refractivity contribution in [1.29, 1.82) is 0 Å². The van der Waals surface area contributed by atoms with E-state index in [1.165, 1.54) is 11.1 Å². The van der Waals surface area contributed by atoms with Crippen LogP contribution in [-0.4, -0.2) is 10.5 Å². The first kappa shape index (κ1) is 11.4. The minimum Gasteiger partial charge on any atom is -0.323 e. The molecule has 0 unspecified atom stereocenters. The van der Waals surface area contributed by atoms with E-state index in [0.717, 1.165) is 5.69 Å². The Morgan fingerprint density at radius 3 is 2.47 bits per heavy atom. The molecule has 0 aliphatic heterocycles. The van der Waals surface area contributed by atoms with E-state index in [9.17, 15) is 4.79 Å². The summed E-state index contributed by atoms with van der Waals surface area (Å²) in [6.45, 7) is 4.09. The van der Waals surface area contributed by atoms with Gasteiger partial charge < -0.3 is 4.57 Å². The molecule has 0 radical (unpaired) electrons. The molecule has 1 aromatic heterocycles. The van der Waals surface area contributed by atoms with Gasteiger partial charge in [-0.3, -0.25) is 10.2 Å². The van der Waals surface area contributed by atoms with Crippen molar-refractivity contribution in [3.05, 3.63) is 53.3 Å². The zero-order valence-corrected chi connectivity index (χ0v) is 9.90. The Balaban J connectivity index is 2.47. The highest BCUT2D eigenvalue weighted by Gasteiger charge is 2.08. The number of carbonyl (C=O) groups excluding carboxylic acids is 1. The molecule has 1 heterocycles. The Bertz CT molecular complexity index is 537. The number of carbonyl (C=O) groups is 1. The molecule has 2 aromatic rings. The fourth-order valence-electron chi connectivity index (χ4n) is 1.97. The van der Waals surface area contributed by atoms with Gasteiger partial charge in [0.1, 0.15) is 0 Å². The molecule has 1 aromatic carbocycles. The number of amides is 1. The van der Waals surface area contributed by atoms with Gasteiger partial charge in [-0.1, -0.05) is 18.2 Å². The second-order valence-electron chi connectivity index (χ2n) is 4.02. The lowest BCUT2D eigenvalue weighted by atomic mass is 10.1. The molecule has 3 N–H and O–H groups in total. The molecule has 0 atom stereocenters. The van der Waals surface area contributed by atoms with E-state index in [1.54, 1.807) is 12.3 Å². The molecule has 0 aliphatic carbocycles. The van der Waals surface area contributed by atoms with Gasteiger partial charge in [-0.15, -0.1) is 0 Å². The quantitative estimate of drug-likeness (QED) is 0.468. The van der Waals surface area contributed by atoms with E-state index in [1.807, 2.05) is 42.8 Å². The van der Waals surface area contributed by atoms with Crippen LogP contribution in [0.2, 0.25) is 0 Å². The van der Waals surface area contributed by atoms with Crippen LogP contribution in [0.3, 0.4) is 0 Å². The number of aryl methyl sites for hydroxylation is 2. The van der Waals surface area contributed by atoms with E-state index in [2.05, 4.69) is 5.43 Å². The van der Waals surface area contributed by atoms with Crippen molar-refractivity contribution in [2.75, 3.05) is 0 Å². The number of nitrogens with two attached hydrogens (primary N) is 1. The van der Waals surface area contributed by atoms with Crippen LogP contribution in [0.5, 0.6) is 0 Å². The largest absolute Gasteiger partial charge is 0.323 e. The Kier molecular flexibility index (Phi) is 2.97. The summed E-state index contributed by atoms with van der Waals surface area (Å²) in [6.07, 6.45) is 3.64. The van der Waals surface area contributed by atoms with Gasteiger partial charge in [-0.05, 0) is 31.0 Å². The van der Waals surface area contributed by atoms with Gasteiger partial charge in [-0.25, -0.2) is 5.84 Å². The maximum absolute atomic E-state index is 11.4. The van der Waals surface area contributed by atoms with Crippen molar-refractivity contribution in [3.63, 3.8) is 0 Å². The monoisotopic (exact) mass is 229 g/mol. The normalized spacial score (nSPS) is 10.3. The highest BCUT2D eigenvalue weighted by atomic mass is 16.2. The maximum Gasteiger partial charge on any atom is 0.266 e. The zero-order valence-electron chi connectivity index (χ0n) is 9.90. The summed E-state index contributed by atoms with van der Waals surface area (Å²) in [5.41, 5.74) is 6.11. The first-order valence-corrected chi connectivity index (χ1v) is 5.39. The lowest BCUT2D eigenvalue weighted by molar-refractivity contribution is 0.0953. The molecule has 0 aliphatic rings. The van der Waals surface area contributed by atoms with Gasteiger partial charge >= 0.3 is 0 Å². The van der Waals surface area contributed by atoms with Gasteiger partial charge in [0.15, 0.2) is 0 Å². The Labute approximate surface area is 100 Å². The van der Waals surface area contributed by atoms with E-state index >= 15 is 0 Å². The number of nitrogens with one attached hydrogen (secondary N) is 1. The van der Waals surface area contributed by atoms with Crippen LogP contribution in [0.4, 0.5) is 0 Å². The van der Waals surface area contributed by atoms with Crippen LogP contribution >= 0.6 is 0 Å². The van der Waals surface area contributed by atoms with E-state index in [0.29, 0.717) is 5.56 Å². The molecule has 0 fully saturated rings. The van der Waals surface area contributed by atoms with Crippen LogP contribution in [0.15, 0.2) is 36.7 Å². The zero-order chi connectivity index (χ0) is 12.4. The van der Waals surface area contributed by atoms with Crippen LogP contribution < -0.4 is 11.3 Å². The second kappa shape index (κ2) is 4.43. The Hall–Kier alpha value is -2.07. The first-order chi connectivity index (χ1) is 8.13. The van der Waals surface area contributed by atoms with Gasteiger partial charge in [0.2, 0.25) is 0 Å². The number of nitrogens with zero attached hydrogens (tertiary/aromatic N) is 1. The van der Waals surface area contributed by atoms with Crippen molar-refractivity contribution in [1.82, 2.24) is 9.99 Å². The lowest BCUT2D eigenvalue weighted by Crippen LogP contribution is -2.29. The van der Waals surface area contributed by atoms with Crippen molar-refractivity contribution in [2.45, 2.75) is 13.8 Å². The Morgan fingerprint density at radius 1 is 1.24 bits per heavy atom. The first-order valence-electron chi connectivity index (χ1n) is 5.39. The summed E-state index contributed by atoms with van der Waals surface area (Å²) in [6, 6.07) is 7.86. The molecule has 4 heteroatoms. The number of hydrogen-bond donors (Lipinski definition) is 2. The number of nitrogen functional groups attached to an aromatic ring is 1. The van der Waals surface area contributed by atoms with E-state index < -0.39 is 0 Å². The topological polar surface area (TPSA) is 60.0 Å². The maximum atomic E-state index is 11.4. The number of hydrogen-bond acceptors (Lipinski definition) is 2. The molecule has 4 nitrogen and oxygen atoms in total. The highest BCUT2D eigenvalue weighted by Crippen LogP contribution is 2.19. The molecule has 0 saturated heterocycles. The van der Waals surface area contributed by atoms with Crippen molar-refractivity contribution < 1.29 is 4.79 Å². The molecule has 1 amide bonds. The number of rotatable bonds is 2. The summed E-state index contributed by atoms with van der Waals surface area (Å²) in [5.74, 6) is 4.82. The summed E-state index contributed by atoms with van der Waals surface area (Å²) in [5, 5.41) is 0. The third-order valence-corrected chi connectivity index (χ3v) is 2.78. The number of aromatic nitrogens is 1. The summed E-state index contributed by atoms with van der Waals surface area (Å²) in [4.78, 5) is 11.4. The predicted octanol–water partition coefficient (Wildman–Crippen LogP) is 1.70. The number of para-hydroxylation sites is 1. The van der Waals surface area contributed by atoms with Gasteiger partial charge in [-0.2, -0.15) is 0 Å². The average Bonchev–Trinajstić information content (AvgIpc) is 2.77. The number of hydrazine groups is 1. The molecule has 88 valence electrons. The van der Waals surface area contributed by atoms with Crippen molar-refractivity contribution >= 4 is 5.91 Å². The highest BCUT2D eigenvalue weighted by molar-refractivity contribution is 5.93. The molecule has 2 rings (SSSR count). The van der Waals surface area contributed by atoms with E-state index in [4.69, 9.17) is 5.84 Å². The van der Waals surface area contributed by atoms with Crippen LogP contribution in [0.25, 0.3) is 5.69 Å². The third kappa shape index (κ3) is 2.07. The smallest absolute Gasteiger partial charge is 0.266 e. The molecule has 0 spiro atoms. The molecule has 0 saturated carbocycles. The van der Waals surface area contributed by atoms with E-state index in [-0.39, 0.29) is 5.91 Å². The van der Waals surface area contributed by atoms with Crippen LogP contribution in [0, 0.1) is 13.8 Å². The van der Waals surface area contributed by atoms with Crippen LogP contribution in [0.1, 0.15) is 21.5 Å². The summed E-state index contributed by atoms with van der Waals surface area (Å²) < 4.78 is 1.94. The fourth-order valence-corrected chi connectivity index (χ4v) is 1.97. The van der Waals surface area contributed by atoms with Crippen molar-refractivity contribution in [2.24, 2.45) is 5.84 Å². The fraction of sp³-hybridized carbons (Fsp3) is 0.154. The average molecular weight is 229 g/mol. The molecule has 0 bridgehead atoms. The van der Waals surface area contributed by atoms with Gasteiger partial charge in [0.05, 0.1) is 11.3 Å². The third-order valence-electron chi connectivity index (χ3n) is 2.78. The lowest BCUT2D eigenvalue weighted by Gasteiger charge is -2.10. The second-order valence-corrected chi connectivity index (χ2v) is 4.02. The van der Waals surface area contributed by atoms with Crippen LogP contribution in [-0.2, 0) is 0 Å². The summed E-state index contributed by atoms with van der Waals surface area (Å²) in [7, 11) is 0. The predicted molar refractivity (Wildman–Crippen MR) is 66.9 cm³/mol. The minimum atomic E-state index is -0.282.